The van der Waals surface area contributed by atoms with Crippen LogP contribution in [0.25, 0.3) is 0 Å². The molecule has 17 heavy (non-hydrogen) atoms. The molecule has 1 heterocycles. The molecule has 0 N–H and O–H groups in total. The summed E-state index contributed by atoms with van der Waals surface area (Å²) < 4.78 is 36.9. The minimum absolute atomic E-state index is 0.0355. The third-order valence-corrected chi connectivity index (χ3v) is 2.32. The maximum absolute atomic E-state index is 12.3. The molecule has 0 aliphatic heterocycles. The first-order valence-electron chi connectivity index (χ1n) is 4.98. The molecule has 0 radical (unpaired) electrons. The lowest BCUT2D eigenvalue weighted by Crippen LogP contribution is -2.11. The quantitative estimate of drug-likeness (QED) is 0.611. The van der Waals surface area contributed by atoms with Crippen LogP contribution < -0.4 is 0 Å². The minimum Gasteiger partial charge on any atom is -0.294 e. The smallest absolute Gasteiger partial charge is 0.294 e. The van der Waals surface area contributed by atoms with Crippen molar-refractivity contribution in [2.75, 3.05) is 0 Å². The number of hydrogen-bond acceptors (Lipinski definition) is 2. The summed E-state index contributed by atoms with van der Waals surface area (Å²) in [5, 5.41) is -0.398. The molecule has 6 heteroatoms. The first kappa shape index (κ1) is 14.0. The van der Waals surface area contributed by atoms with Gasteiger partial charge in [0.1, 0.15) is 10.8 Å². The molecule has 2 nitrogen and oxygen atoms in total. The number of Topliss-reactive ketones (excluding diaryl/α,β-unsaturated/α-hetero) is 1. The van der Waals surface area contributed by atoms with E-state index in [1.54, 1.807) is 0 Å². The van der Waals surface area contributed by atoms with E-state index in [9.17, 15) is 18.0 Å². The van der Waals surface area contributed by atoms with Gasteiger partial charge in [0, 0.05) is 6.42 Å². The molecule has 0 saturated carbocycles. The number of rotatable bonds is 3. The van der Waals surface area contributed by atoms with Crippen LogP contribution in [0.3, 0.4) is 0 Å². The Morgan fingerprint density at radius 2 is 2.00 bits per heavy atom. The highest BCUT2D eigenvalue weighted by Crippen LogP contribution is 2.29. The molecule has 0 aliphatic carbocycles. The molecule has 0 aromatic carbocycles. The SMILES string of the molecule is CC(C)CC(=O)c1ccc(C(F)(F)F)nc1Cl. The highest BCUT2D eigenvalue weighted by atomic mass is 35.5. The molecule has 0 spiro atoms. The van der Waals surface area contributed by atoms with Crippen molar-refractivity contribution < 1.29 is 18.0 Å². The Morgan fingerprint density at radius 1 is 1.41 bits per heavy atom. The maximum atomic E-state index is 12.3. The summed E-state index contributed by atoms with van der Waals surface area (Å²) in [7, 11) is 0. The van der Waals surface area contributed by atoms with Crippen LogP contribution in [0.1, 0.15) is 36.3 Å². The molecule has 1 rings (SSSR count). The van der Waals surface area contributed by atoms with Gasteiger partial charge in [0.25, 0.3) is 0 Å². The van der Waals surface area contributed by atoms with Gasteiger partial charge in [-0.15, -0.1) is 0 Å². The predicted octanol–water partition coefficient (Wildman–Crippen LogP) is 3.98. The summed E-state index contributed by atoms with van der Waals surface area (Å²) in [4.78, 5) is 14.8. The van der Waals surface area contributed by atoms with Gasteiger partial charge in [-0.2, -0.15) is 13.2 Å². The van der Waals surface area contributed by atoms with Crippen molar-refractivity contribution in [3.63, 3.8) is 0 Å². The van der Waals surface area contributed by atoms with Gasteiger partial charge in [-0.25, -0.2) is 4.98 Å². The van der Waals surface area contributed by atoms with Crippen molar-refractivity contribution >= 4 is 17.4 Å². The van der Waals surface area contributed by atoms with Gasteiger partial charge in [-0.1, -0.05) is 25.4 Å². The average molecular weight is 266 g/mol. The lowest BCUT2D eigenvalue weighted by molar-refractivity contribution is -0.141. The second-order valence-electron chi connectivity index (χ2n) is 4.05. The summed E-state index contributed by atoms with van der Waals surface area (Å²) in [5.41, 5.74) is -1.06. The monoisotopic (exact) mass is 265 g/mol. The van der Waals surface area contributed by atoms with E-state index in [4.69, 9.17) is 11.6 Å². The normalized spacial score (nSPS) is 11.9. The first-order valence-corrected chi connectivity index (χ1v) is 5.36. The fourth-order valence-corrected chi connectivity index (χ4v) is 1.54. The highest BCUT2D eigenvalue weighted by molar-refractivity contribution is 6.32. The van der Waals surface area contributed by atoms with Crippen LogP contribution >= 0.6 is 11.6 Å². The lowest BCUT2D eigenvalue weighted by atomic mass is 10.0. The molecule has 94 valence electrons. The summed E-state index contributed by atoms with van der Waals surface area (Å²) in [6, 6.07) is 1.84. The van der Waals surface area contributed by atoms with E-state index in [0.29, 0.717) is 0 Å². The van der Waals surface area contributed by atoms with Crippen LogP contribution in [0.2, 0.25) is 5.15 Å². The number of pyridine rings is 1. The molecule has 0 saturated heterocycles. The van der Waals surface area contributed by atoms with Crippen LogP contribution in [-0.2, 0) is 6.18 Å². The summed E-state index contributed by atoms with van der Waals surface area (Å²) >= 11 is 5.58. The Hall–Kier alpha value is -1.10. The molecule has 0 unspecified atom stereocenters. The number of alkyl halides is 3. The highest BCUT2D eigenvalue weighted by Gasteiger charge is 2.33. The zero-order valence-corrected chi connectivity index (χ0v) is 10.1. The molecule has 0 amide bonds. The van der Waals surface area contributed by atoms with Crippen LogP contribution in [0, 0.1) is 5.92 Å². The largest absolute Gasteiger partial charge is 0.433 e. The van der Waals surface area contributed by atoms with Gasteiger partial charge in [-0.05, 0) is 18.1 Å². The van der Waals surface area contributed by atoms with E-state index < -0.39 is 17.0 Å². The second-order valence-corrected chi connectivity index (χ2v) is 4.41. The maximum Gasteiger partial charge on any atom is 0.433 e. The molecule has 0 bridgehead atoms. The number of ketones is 1. The Kier molecular flexibility index (Phi) is 4.14. The number of aromatic nitrogens is 1. The van der Waals surface area contributed by atoms with E-state index in [1.165, 1.54) is 0 Å². The number of hydrogen-bond donors (Lipinski definition) is 0. The molecular formula is C11H11ClF3NO. The molecular weight excluding hydrogens is 255 g/mol. The summed E-state index contributed by atoms with van der Waals surface area (Å²) in [5.74, 6) is -0.188. The van der Waals surface area contributed by atoms with E-state index in [2.05, 4.69) is 4.98 Å². The third kappa shape index (κ3) is 3.70. The van der Waals surface area contributed by atoms with Gasteiger partial charge >= 0.3 is 6.18 Å². The summed E-state index contributed by atoms with van der Waals surface area (Å²) in [6.07, 6.45) is -4.32. The molecule has 0 fully saturated rings. The third-order valence-electron chi connectivity index (χ3n) is 2.03. The number of halogens is 4. The van der Waals surface area contributed by atoms with Gasteiger partial charge in [0.2, 0.25) is 0 Å². The zero-order chi connectivity index (χ0) is 13.2. The fourth-order valence-electron chi connectivity index (χ4n) is 1.28. The van der Waals surface area contributed by atoms with Crippen molar-refractivity contribution in [3.8, 4) is 0 Å². The predicted molar refractivity (Wildman–Crippen MR) is 58.0 cm³/mol. The summed E-state index contributed by atoms with van der Waals surface area (Å²) in [6.45, 7) is 3.67. The first-order chi connectivity index (χ1) is 7.71. The molecule has 0 atom stereocenters. The standard InChI is InChI=1S/C11H11ClF3NO/c1-6(2)5-8(17)7-3-4-9(11(13,14)15)16-10(7)12/h3-4,6H,5H2,1-2H3. The van der Waals surface area contributed by atoms with Gasteiger partial charge in [0.05, 0.1) is 5.56 Å². The lowest BCUT2D eigenvalue weighted by Gasteiger charge is -2.09. The number of carbonyl (C=O) groups excluding carboxylic acids is 1. The van der Waals surface area contributed by atoms with E-state index in [0.717, 1.165) is 12.1 Å². The van der Waals surface area contributed by atoms with Crippen molar-refractivity contribution in [1.29, 1.82) is 0 Å². The van der Waals surface area contributed by atoms with Crippen LogP contribution in [0.4, 0.5) is 13.2 Å². The van der Waals surface area contributed by atoms with Crippen LogP contribution in [-0.4, -0.2) is 10.8 Å². The Labute approximate surface area is 102 Å². The van der Waals surface area contributed by atoms with E-state index in [-0.39, 0.29) is 23.7 Å². The fraction of sp³-hybridized carbons (Fsp3) is 0.455. The van der Waals surface area contributed by atoms with Crippen molar-refractivity contribution in [3.05, 3.63) is 28.5 Å². The van der Waals surface area contributed by atoms with Crippen molar-refractivity contribution in [1.82, 2.24) is 4.98 Å². The molecule has 1 aromatic heterocycles. The van der Waals surface area contributed by atoms with E-state index in [1.807, 2.05) is 13.8 Å². The van der Waals surface area contributed by atoms with Gasteiger partial charge in [0.15, 0.2) is 5.78 Å². The topological polar surface area (TPSA) is 30.0 Å². The van der Waals surface area contributed by atoms with Gasteiger partial charge in [-0.3, -0.25) is 4.79 Å². The van der Waals surface area contributed by atoms with Crippen molar-refractivity contribution in [2.24, 2.45) is 5.92 Å². The van der Waals surface area contributed by atoms with Gasteiger partial charge < -0.3 is 0 Å². The second kappa shape index (κ2) is 5.04. The number of nitrogens with zero attached hydrogens (tertiary/aromatic N) is 1. The molecule has 0 aliphatic rings. The van der Waals surface area contributed by atoms with E-state index >= 15 is 0 Å². The Bertz CT molecular complexity index is 429. The number of carbonyl (C=O) groups is 1. The average Bonchev–Trinajstić information content (AvgIpc) is 2.14. The zero-order valence-electron chi connectivity index (χ0n) is 9.31. The Morgan fingerprint density at radius 3 is 2.41 bits per heavy atom. The molecule has 1 aromatic rings. The minimum atomic E-state index is -4.55. The van der Waals surface area contributed by atoms with Crippen LogP contribution in [0.15, 0.2) is 12.1 Å². The van der Waals surface area contributed by atoms with Crippen molar-refractivity contribution in [2.45, 2.75) is 26.4 Å². The van der Waals surface area contributed by atoms with Crippen LogP contribution in [0.5, 0.6) is 0 Å². The Balaban J connectivity index is 3.02.